The van der Waals surface area contributed by atoms with Crippen molar-refractivity contribution < 1.29 is 13.9 Å². The van der Waals surface area contributed by atoms with E-state index in [9.17, 15) is 13.9 Å². The number of hydrogen-bond donors (Lipinski definition) is 2. The van der Waals surface area contributed by atoms with Crippen LogP contribution in [-0.4, -0.2) is 11.2 Å². The molecule has 15 heavy (non-hydrogen) atoms. The molecule has 1 rings (SSSR count). The molecule has 0 aliphatic heterocycles. The summed E-state index contributed by atoms with van der Waals surface area (Å²) < 4.78 is 26.3. The quantitative estimate of drug-likeness (QED) is 0.846. The molecule has 0 radical (unpaired) electrons. The lowest BCUT2D eigenvalue weighted by Crippen LogP contribution is -2.27. The summed E-state index contributed by atoms with van der Waals surface area (Å²) in [4.78, 5) is 0. The van der Waals surface area contributed by atoms with Crippen molar-refractivity contribution >= 4 is 12.4 Å². The van der Waals surface area contributed by atoms with Crippen LogP contribution < -0.4 is 5.73 Å². The van der Waals surface area contributed by atoms with Gasteiger partial charge in [-0.3, -0.25) is 0 Å². The van der Waals surface area contributed by atoms with Crippen molar-refractivity contribution in [2.24, 2.45) is 5.73 Å². The molecule has 0 saturated heterocycles. The third-order valence-corrected chi connectivity index (χ3v) is 2.17. The Bertz CT molecular complexity index is 302. The Morgan fingerprint density at radius 3 is 2.20 bits per heavy atom. The molecule has 5 heteroatoms. The van der Waals surface area contributed by atoms with Crippen molar-refractivity contribution in [1.82, 2.24) is 0 Å². The number of halogens is 3. The summed E-state index contributed by atoms with van der Waals surface area (Å²) >= 11 is 0. The lowest BCUT2D eigenvalue weighted by molar-refractivity contribution is 0.137. The van der Waals surface area contributed by atoms with E-state index >= 15 is 0 Å². The van der Waals surface area contributed by atoms with Gasteiger partial charge >= 0.3 is 0 Å². The summed E-state index contributed by atoms with van der Waals surface area (Å²) in [5, 5.41) is 9.37. The van der Waals surface area contributed by atoms with E-state index in [0.29, 0.717) is 6.42 Å². The van der Waals surface area contributed by atoms with E-state index in [1.54, 1.807) is 6.92 Å². The second-order valence-electron chi connectivity index (χ2n) is 3.14. The highest BCUT2D eigenvalue weighted by Crippen LogP contribution is 2.22. The van der Waals surface area contributed by atoms with Crippen molar-refractivity contribution in [3.8, 4) is 0 Å². The van der Waals surface area contributed by atoms with Gasteiger partial charge in [0, 0.05) is 5.56 Å². The molecule has 0 aromatic heterocycles. The largest absolute Gasteiger partial charge is 0.391 e. The zero-order valence-corrected chi connectivity index (χ0v) is 9.10. The molecule has 0 aliphatic rings. The Morgan fingerprint density at radius 2 is 1.80 bits per heavy atom. The zero-order valence-electron chi connectivity index (χ0n) is 8.28. The maximum atomic E-state index is 13.2. The zero-order chi connectivity index (χ0) is 10.7. The van der Waals surface area contributed by atoms with Crippen LogP contribution in [0.5, 0.6) is 0 Å². The molecule has 0 fully saturated rings. The summed E-state index contributed by atoms with van der Waals surface area (Å²) in [7, 11) is 0. The van der Waals surface area contributed by atoms with E-state index in [0.717, 1.165) is 12.1 Å². The Balaban J connectivity index is 0.00000196. The molecule has 86 valence electrons. The average molecular weight is 238 g/mol. The highest BCUT2D eigenvalue weighted by atomic mass is 35.5. The van der Waals surface area contributed by atoms with Crippen LogP contribution >= 0.6 is 12.4 Å². The lowest BCUT2D eigenvalue weighted by atomic mass is 9.99. The average Bonchev–Trinajstić information content (AvgIpc) is 2.16. The van der Waals surface area contributed by atoms with Gasteiger partial charge < -0.3 is 10.8 Å². The molecule has 0 spiro atoms. The fourth-order valence-electron chi connectivity index (χ4n) is 1.28. The first-order valence-corrected chi connectivity index (χ1v) is 4.45. The van der Waals surface area contributed by atoms with Crippen LogP contribution in [0.15, 0.2) is 18.2 Å². The molecule has 3 N–H and O–H groups in total. The minimum atomic E-state index is -1.01. The van der Waals surface area contributed by atoms with Crippen LogP contribution in [0.1, 0.15) is 24.9 Å². The maximum Gasteiger partial charge on any atom is 0.131 e. The van der Waals surface area contributed by atoms with Gasteiger partial charge in [-0.1, -0.05) is 13.0 Å². The van der Waals surface area contributed by atoms with Crippen LogP contribution in [0.2, 0.25) is 0 Å². The maximum absolute atomic E-state index is 13.2. The smallest absolute Gasteiger partial charge is 0.131 e. The number of rotatable bonds is 3. The Kier molecular flexibility index (Phi) is 5.72. The number of aliphatic hydroxyl groups is 1. The van der Waals surface area contributed by atoms with Gasteiger partial charge in [0.15, 0.2) is 0 Å². The molecule has 0 heterocycles. The second kappa shape index (κ2) is 6.00. The van der Waals surface area contributed by atoms with Gasteiger partial charge in [-0.15, -0.1) is 12.4 Å². The van der Waals surface area contributed by atoms with Crippen LogP contribution in [0.3, 0.4) is 0 Å². The van der Waals surface area contributed by atoms with E-state index < -0.39 is 23.8 Å². The van der Waals surface area contributed by atoms with Gasteiger partial charge in [-0.2, -0.15) is 0 Å². The summed E-state index contributed by atoms with van der Waals surface area (Å²) in [6, 6.07) is 2.50. The van der Waals surface area contributed by atoms with Gasteiger partial charge in [0.2, 0.25) is 0 Å². The Morgan fingerprint density at radius 1 is 1.33 bits per heavy atom. The third-order valence-electron chi connectivity index (χ3n) is 2.17. The molecule has 2 atom stereocenters. The van der Waals surface area contributed by atoms with E-state index in [1.165, 1.54) is 6.07 Å². The summed E-state index contributed by atoms with van der Waals surface area (Å²) in [6.07, 6.45) is -0.573. The molecule has 0 aliphatic carbocycles. The van der Waals surface area contributed by atoms with Crippen LogP contribution in [0.25, 0.3) is 0 Å². The first-order chi connectivity index (χ1) is 6.57. The predicted molar refractivity (Wildman–Crippen MR) is 56.8 cm³/mol. The Labute approximate surface area is 93.5 Å². The topological polar surface area (TPSA) is 46.2 Å². The van der Waals surface area contributed by atoms with E-state index in [1.807, 2.05) is 0 Å². The van der Waals surface area contributed by atoms with Crippen molar-refractivity contribution in [2.45, 2.75) is 25.5 Å². The molecule has 0 bridgehead atoms. The minimum Gasteiger partial charge on any atom is -0.391 e. The first kappa shape index (κ1) is 14.3. The van der Waals surface area contributed by atoms with Gasteiger partial charge in [0.25, 0.3) is 0 Å². The monoisotopic (exact) mass is 237 g/mol. The number of aliphatic hydroxyl groups excluding tert-OH is 1. The molecule has 2 nitrogen and oxygen atoms in total. The number of hydrogen-bond acceptors (Lipinski definition) is 2. The standard InChI is InChI=1S/C10H13F2NO.ClH/c1-2-8(14)10(13)9-6(11)4-3-5-7(9)12;/h3-5,8,10,14H,2,13H2,1H3;1H/t8-,10-;/m1./s1. The van der Waals surface area contributed by atoms with Crippen LogP contribution in [0.4, 0.5) is 8.78 Å². The summed E-state index contributed by atoms with van der Waals surface area (Å²) in [6.45, 7) is 1.70. The first-order valence-electron chi connectivity index (χ1n) is 4.45. The highest BCUT2D eigenvalue weighted by molar-refractivity contribution is 5.85. The van der Waals surface area contributed by atoms with E-state index in [4.69, 9.17) is 5.73 Å². The molecule has 1 aromatic rings. The predicted octanol–water partition coefficient (Wildman–Crippen LogP) is 2.16. The normalized spacial score (nSPS) is 14.2. The van der Waals surface area contributed by atoms with Crippen LogP contribution in [0, 0.1) is 11.6 Å². The Hall–Kier alpha value is -0.710. The van der Waals surface area contributed by atoms with Crippen molar-refractivity contribution in [2.75, 3.05) is 0 Å². The second-order valence-corrected chi connectivity index (χ2v) is 3.14. The molecule has 1 aromatic carbocycles. The lowest BCUT2D eigenvalue weighted by Gasteiger charge is -2.18. The van der Waals surface area contributed by atoms with E-state index in [2.05, 4.69) is 0 Å². The van der Waals surface area contributed by atoms with Crippen molar-refractivity contribution in [3.05, 3.63) is 35.4 Å². The van der Waals surface area contributed by atoms with E-state index in [-0.39, 0.29) is 18.0 Å². The summed E-state index contributed by atoms with van der Waals surface area (Å²) in [5.41, 5.74) is 5.27. The summed E-state index contributed by atoms with van der Waals surface area (Å²) in [5.74, 6) is -1.44. The van der Waals surface area contributed by atoms with Crippen molar-refractivity contribution in [3.63, 3.8) is 0 Å². The molecular formula is C10H14ClF2NO. The molecule has 0 saturated carbocycles. The van der Waals surface area contributed by atoms with Gasteiger partial charge in [0.1, 0.15) is 11.6 Å². The van der Waals surface area contributed by atoms with Gasteiger partial charge in [-0.25, -0.2) is 8.78 Å². The molecule has 0 unspecified atom stereocenters. The number of benzene rings is 1. The number of nitrogens with two attached hydrogens (primary N) is 1. The third kappa shape index (κ3) is 3.12. The highest BCUT2D eigenvalue weighted by Gasteiger charge is 2.21. The fourth-order valence-corrected chi connectivity index (χ4v) is 1.28. The van der Waals surface area contributed by atoms with Crippen molar-refractivity contribution in [1.29, 1.82) is 0 Å². The SMILES string of the molecule is CC[C@@H](O)[C@@H](N)c1c(F)cccc1F.Cl. The molecular weight excluding hydrogens is 224 g/mol. The molecule has 0 amide bonds. The fraction of sp³-hybridized carbons (Fsp3) is 0.400. The van der Waals surface area contributed by atoms with Gasteiger partial charge in [0.05, 0.1) is 12.1 Å². The van der Waals surface area contributed by atoms with Gasteiger partial charge in [-0.05, 0) is 18.6 Å². The van der Waals surface area contributed by atoms with Crippen LogP contribution in [-0.2, 0) is 0 Å². The minimum absolute atomic E-state index is 0.